The van der Waals surface area contributed by atoms with Crippen LogP contribution in [-0.2, 0) is 19.5 Å². The number of aliphatic hydroxyl groups excluding tert-OH is 1. The fourth-order valence-corrected chi connectivity index (χ4v) is 4.82. The van der Waals surface area contributed by atoms with Gasteiger partial charge in [0.2, 0.25) is 0 Å². The van der Waals surface area contributed by atoms with E-state index in [-0.39, 0.29) is 30.4 Å². The molecule has 5 nitrogen and oxygen atoms in total. The molecule has 3 aromatic carbocycles. The van der Waals surface area contributed by atoms with Gasteiger partial charge >= 0.3 is 6.03 Å². The number of likely N-dealkylation sites (tertiary alicyclic amines) is 1. The molecule has 2 amide bonds. The lowest BCUT2D eigenvalue weighted by Gasteiger charge is -2.32. The second-order valence-electron chi connectivity index (χ2n) is 9.24. The maximum atomic E-state index is 12.8. The lowest BCUT2D eigenvalue weighted by atomic mass is 9.99. The Bertz CT molecular complexity index is 1060. The summed E-state index contributed by atoms with van der Waals surface area (Å²) in [6.45, 7) is 4.19. The average Bonchev–Trinajstić information content (AvgIpc) is 3.36. The van der Waals surface area contributed by atoms with Gasteiger partial charge in [0.05, 0.1) is 12.6 Å². The van der Waals surface area contributed by atoms with E-state index in [4.69, 9.17) is 0 Å². The van der Waals surface area contributed by atoms with Crippen LogP contribution in [0.3, 0.4) is 0 Å². The van der Waals surface area contributed by atoms with Gasteiger partial charge in [0, 0.05) is 26.2 Å². The van der Waals surface area contributed by atoms with Crippen LogP contribution >= 0.6 is 0 Å². The zero-order valence-electron chi connectivity index (χ0n) is 20.0. The zero-order chi connectivity index (χ0) is 24.5. The van der Waals surface area contributed by atoms with E-state index < -0.39 is 0 Å². The molecule has 0 radical (unpaired) electrons. The minimum absolute atomic E-state index is 0.0139. The highest BCUT2D eigenvalue weighted by Crippen LogP contribution is 2.23. The lowest BCUT2D eigenvalue weighted by molar-refractivity contribution is 0.161. The molecule has 0 aromatic heterocycles. The van der Waals surface area contributed by atoms with Crippen LogP contribution in [0.1, 0.15) is 23.1 Å². The summed E-state index contributed by atoms with van der Waals surface area (Å²) in [5.74, 6) is 0.109. The summed E-state index contributed by atoms with van der Waals surface area (Å²) < 4.78 is 11.9. The largest absolute Gasteiger partial charge is 0.394 e. The van der Waals surface area contributed by atoms with Crippen LogP contribution in [0.15, 0.2) is 84.9 Å². The monoisotopic (exact) mass is 475 g/mol. The van der Waals surface area contributed by atoms with Crippen LogP contribution in [-0.4, -0.2) is 53.2 Å². The van der Waals surface area contributed by atoms with Crippen LogP contribution in [0.2, 0.25) is 0 Å². The van der Waals surface area contributed by atoms with E-state index in [0.29, 0.717) is 6.54 Å². The van der Waals surface area contributed by atoms with Crippen molar-refractivity contribution in [3.8, 4) is 0 Å². The van der Waals surface area contributed by atoms with Crippen LogP contribution in [0.4, 0.5) is 9.18 Å². The number of aliphatic hydroxyl groups is 1. The molecule has 0 spiro atoms. The van der Waals surface area contributed by atoms with Gasteiger partial charge in [-0.1, -0.05) is 72.8 Å². The van der Waals surface area contributed by atoms with E-state index in [1.54, 1.807) is 18.2 Å². The fourth-order valence-electron chi connectivity index (χ4n) is 4.82. The second kappa shape index (κ2) is 12.5. The summed E-state index contributed by atoms with van der Waals surface area (Å²) >= 11 is 0. The van der Waals surface area contributed by atoms with Crippen LogP contribution in [0, 0.1) is 11.7 Å². The number of hydrogen-bond donors (Lipinski definition) is 2. The predicted octanol–water partition coefficient (Wildman–Crippen LogP) is 4.46. The fraction of sp³-hybridized carbons (Fsp3) is 0.345. The standard InChI is InChI=1S/C23H29N3O2.C6H5F/c27-17-22(21-10-12-25(15-21)14-18-6-2-1-3-7-18)24-23(28)26-13-11-19-8-4-5-9-20(19)16-26;7-6-4-2-1-3-5-6/h1-9,21-22,27H,10-17H2,(H,24,28);1-5H. The summed E-state index contributed by atoms with van der Waals surface area (Å²) in [7, 11) is 0. The number of hydrogen-bond acceptors (Lipinski definition) is 3. The molecular formula is C29H34FN3O2. The van der Waals surface area contributed by atoms with Crippen LogP contribution < -0.4 is 5.32 Å². The van der Waals surface area contributed by atoms with E-state index in [2.05, 4.69) is 52.7 Å². The third-order valence-corrected chi connectivity index (χ3v) is 6.78. The zero-order valence-corrected chi connectivity index (χ0v) is 20.0. The van der Waals surface area contributed by atoms with Crippen molar-refractivity contribution in [2.75, 3.05) is 26.2 Å². The predicted molar refractivity (Wildman–Crippen MR) is 136 cm³/mol. The molecule has 2 heterocycles. The number of carbonyl (C=O) groups excluding carboxylic acids is 1. The molecule has 5 rings (SSSR count). The minimum atomic E-state index is -0.189. The number of amides is 2. The molecule has 2 aliphatic heterocycles. The highest BCUT2D eigenvalue weighted by Gasteiger charge is 2.31. The molecule has 2 N–H and O–H groups in total. The van der Waals surface area contributed by atoms with Crippen molar-refractivity contribution >= 4 is 6.03 Å². The number of carbonyl (C=O) groups is 1. The van der Waals surface area contributed by atoms with E-state index >= 15 is 0 Å². The van der Waals surface area contributed by atoms with Gasteiger partial charge in [-0.25, -0.2) is 9.18 Å². The number of rotatable bonds is 5. The Morgan fingerprint density at radius 2 is 1.60 bits per heavy atom. The Hall–Kier alpha value is -3.22. The van der Waals surface area contributed by atoms with Gasteiger partial charge in [-0.2, -0.15) is 0 Å². The molecule has 0 saturated carbocycles. The van der Waals surface area contributed by atoms with Gasteiger partial charge in [-0.15, -0.1) is 0 Å². The molecule has 3 aromatic rings. The molecule has 184 valence electrons. The Kier molecular flexibility index (Phi) is 8.87. The highest BCUT2D eigenvalue weighted by molar-refractivity contribution is 5.75. The van der Waals surface area contributed by atoms with Crippen molar-refractivity contribution < 1.29 is 14.3 Å². The maximum absolute atomic E-state index is 12.8. The van der Waals surface area contributed by atoms with Gasteiger partial charge in [0.1, 0.15) is 5.82 Å². The molecule has 2 unspecified atom stereocenters. The third kappa shape index (κ3) is 7.13. The van der Waals surface area contributed by atoms with Crippen LogP contribution in [0.25, 0.3) is 0 Å². The Morgan fingerprint density at radius 1 is 0.943 bits per heavy atom. The first-order valence-corrected chi connectivity index (χ1v) is 12.3. The Labute approximate surface area is 207 Å². The average molecular weight is 476 g/mol. The van der Waals surface area contributed by atoms with Gasteiger partial charge in [-0.3, -0.25) is 4.90 Å². The first-order chi connectivity index (χ1) is 17.1. The van der Waals surface area contributed by atoms with Crippen LogP contribution in [0.5, 0.6) is 0 Å². The number of nitrogens with one attached hydrogen (secondary N) is 1. The SMILES string of the molecule is Fc1ccccc1.O=C(NC(CO)C1CCN(Cc2ccccc2)C1)N1CCc2ccccc2C1. The topological polar surface area (TPSA) is 55.8 Å². The normalized spacial score (nSPS) is 18.2. The Morgan fingerprint density at radius 3 is 2.26 bits per heavy atom. The molecule has 0 bridgehead atoms. The van der Waals surface area contributed by atoms with Crippen molar-refractivity contribution in [3.63, 3.8) is 0 Å². The number of nitrogens with zero attached hydrogens (tertiary/aromatic N) is 2. The van der Waals surface area contributed by atoms with Crippen molar-refractivity contribution in [1.29, 1.82) is 0 Å². The summed E-state index contributed by atoms with van der Waals surface area (Å²) in [5, 5.41) is 13.0. The van der Waals surface area contributed by atoms with E-state index in [9.17, 15) is 14.3 Å². The molecular weight excluding hydrogens is 441 g/mol. The number of urea groups is 1. The smallest absolute Gasteiger partial charge is 0.318 e. The molecule has 1 saturated heterocycles. The minimum Gasteiger partial charge on any atom is -0.394 e. The summed E-state index contributed by atoms with van der Waals surface area (Å²) in [6.07, 6.45) is 1.89. The van der Waals surface area contributed by atoms with E-state index in [1.165, 1.54) is 28.8 Å². The van der Waals surface area contributed by atoms with Crippen molar-refractivity contribution in [2.24, 2.45) is 5.92 Å². The van der Waals surface area contributed by atoms with Gasteiger partial charge in [0.25, 0.3) is 0 Å². The highest BCUT2D eigenvalue weighted by atomic mass is 19.1. The third-order valence-electron chi connectivity index (χ3n) is 6.78. The molecule has 6 heteroatoms. The van der Waals surface area contributed by atoms with E-state index in [0.717, 1.165) is 39.0 Å². The van der Waals surface area contributed by atoms with Crippen molar-refractivity contribution in [3.05, 3.63) is 107 Å². The lowest BCUT2D eigenvalue weighted by Crippen LogP contribution is -2.50. The summed E-state index contributed by atoms with van der Waals surface area (Å²) in [5.41, 5.74) is 3.86. The van der Waals surface area contributed by atoms with Gasteiger partial charge in [-0.05, 0) is 54.1 Å². The number of fused-ring (bicyclic) bond motifs is 1. The van der Waals surface area contributed by atoms with Gasteiger partial charge < -0.3 is 15.3 Å². The quantitative estimate of drug-likeness (QED) is 0.573. The van der Waals surface area contributed by atoms with Gasteiger partial charge in [0.15, 0.2) is 0 Å². The number of benzene rings is 3. The molecule has 2 aliphatic rings. The molecule has 1 fully saturated rings. The first-order valence-electron chi connectivity index (χ1n) is 12.3. The maximum Gasteiger partial charge on any atom is 0.318 e. The summed E-state index contributed by atoms with van der Waals surface area (Å²) in [6, 6.07) is 26.5. The van der Waals surface area contributed by atoms with Crippen molar-refractivity contribution in [1.82, 2.24) is 15.1 Å². The molecule has 35 heavy (non-hydrogen) atoms. The summed E-state index contributed by atoms with van der Waals surface area (Å²) in [4.78, 5) is 17.1. The Balaban J connectivity index is 0.000000356. The molecule has 0 aliphatic carbocycles. The van der Waals surface area contributed by atoms with E-state index in [1.807, 2.05) is 17.0 Å². The molecule has 2 atom stereocenters. The first kappa shape index (κ1) is 24.9. The second-order valence-corrected chi connectivity index (χ2v) is 9.24. The number of halogens is 1. The van der Waals surface area contributed by atoms with Crippen molar-refractivity contribution in [2.45, 2.75) is 32.0 Å².